The Kier molecular flexibility index (Phi) is 5.07. The lowest BCUT2D eigenvalue weighted by molar-refractivity contribution is 0.338. The Balaban J connectivity index is 2.83. The van der Waals surface area contributed by atoms with Crippen LogP contribution in [0.1, 0.15) is 18.9 Å². The molecule has 1 aromatic rings. The number of phenolic OH excluding ortho intramolecular Hbond substituents is 1. The number of phenols is 1. The van der Waals surface area contributed by atoms with Gasteiger partial charge in [0, 0.05) is 9.99 Å². The van der Waals surface area contributed by atoms with Crippen LogP contribution < -0.4 is 4.74 Å². The van der Waals surface area contributed by atoms with Crippen molar-refractivity contribution in [3.05, 3.63) is 23.8 Å². The van der Waals surface area contributed by atoms with E-state index in [0.29, 0.717) is 12.4 Å². The van der Waals surface area contributed by atoms with E-state index < -0.39 is 0 Å². The van der Waals surface area contributed by atoms with Gasteiger partial charge in [0.1, 0.15) is 11.5 Å². The molecule has 2 nitrogen and oxygen atoms in total. The van der Waals surface area contributed by atoms with Crippen molar-refractivity contribution in [2.75, 3.05) is 11.0 Å². The zero-order valence-electron chi connectivity index (χ0n) is 8.29. The topological polar surface area (TPSA) is 29.5 Å². The summed E-state index contributed by atoms with van der Waals surface area (Å²) in [4.78, 5) is 0. The SMILES string of the molecule is CCCc1c(O)cccc1OCCI. The van der Waals surface area contributed by atoms with Gasteiger partial charge in [-0.2, -0.15) is 0 Å². The molecule has 1 rings (SSSR count). The maximum atomic E-state index is 9.64. The van der Waals surface area contributed by atoms with Gasteiger partial charge in [0.05, 0.1) is 6.61 Å². The van der Waals surface area contributed by atoms with Crippen molar-refractivity contribution in [2.45, 2.75) is 19.8 Å². The number of ether oxygens (including phenoxy) is 1. The molecule has 0 radical (unpaired) electrons. The predicted molar refractivity (Wildman–Crippen MR) is 66.5 cm³/mol. The average molecular weight is 306 g/mol. The Bertz CT molecular complexity index is 287. The molecule has 0 aliphatic rings. The van der Waals surface area contributed by atoms with Gasteiger partial charge >= 0.3 is 0 Å². The smallest absolute Gasteiger partial charge is 0.126 e. The van der Waals surface area contributed by atoms with E-state index in [2.05, 4.69) is 29.5 Å². The number of rotatable bonds is 5. The number of hydrogen-bond donors (Lipinski definition) is 1. The number of alkyl halides is 1. The molecule has 0 unspecified atom stereocenters. The maximum absolute atomic E-state index is 9.64. The minimum atomic E-state index is 0.345. The second-order valence-electron chi connectivity index (χ2n) is 3.04. The van der Waals surface area contributed by atoms with E-state index >= 15 is 0 Å². The number of halogens is 1. The molecule has 0 amide bonds. The first kappa shape index (κ1) is 11.6. The van der Waals surface area contributed by atoms with Crippen LogP contribution in [0.5, 0.6) is 11.5 Å². The summed E-state index contributed by atoms with van der Waals surface area (Å²) in [5, 5.41) is 9.64. The first-order valence-corrected chi connectivity index (χ1v) is 6.31. The number of aromatic hydroxyl groups is 1. The van der Waals surface area contributed by atoms with E-state index in [1.165, 1.54) is 0 Å². The van der Waals surface area contributed by atoms with Crippen LogP contribution in [0.15, 0.2) is 18.2 Å². The molecule has 0 aliphatic carbocycles. The molecule has 0 bridgehead atoms. The van der Waals surface area contributed by atoms with E-state index in [1.54, 1.807) is 6.07 Å². The highest BCUT2D eigenvalue weighted by Gasteiger charge is 2.07. The van der Waals surface area contributed by atoms with E-state index in [-0.39, 0.29) is 0 Å². The highest BCUT2D eigenvalue weighted by molar-refractivity contribution is 14.1. The lowest BCUT2D eigenvalue weighted by Crippen LogP contribution is -2.00. The summed E-state index contributed by atoms with van der Waals surface area (Å²) >= 11 is 2.27. The van der Waals surface area contributed by atoms with Crippen LogP contribution in [0, 0.1) is 0 Å². The molecule has 78 valence electrons. The van der Waals surface area contributed by atoms with Crippen LogP contribution in [0.3, 0.4) is 0 Å². The van der Waals surface area contributed by atoms with Crippen LogP contribution >= 0.6 is 22.6 Å². The first-order chi connectivity index (χ1) is 6.79. The summed E-state index contributed by atoms with van der Waals surface area (Å²) in [6.45, 7) is 2.79. The molecule has 1 N–H and O–H groups in total. The molecule has 14 heavy (non-hydrogen) atoms. The molecule has 0 saturated carbocycles. The van der Waals surface area contributed by atoms with Gasteiger partial charge in [-0.1, -0.05) is 42.0 Å². The molecule has 0 atom stereocenters. The van der Waals surface area contributed by atoms with Crippen molar-refractivity contribution in [1.82, 2.24) is 0 Å². The fraction of sp³-hybridized carbons (Fsp3) is 0.455. The highest BCUT2D eigenvalue weighted by atomic mass is 127. The van der Waals surface area contributed by atoms with Crippen molar-refractivity contribution in [1.29, 1.82) is 0 Å². The summed E-state index contributed by atoms with van der Waals surface area (Å²) in [7, 11) is 0. The zero-order chi connectivity index (χ0) is 10.4. The third-order valence-electron chi connectivity index (χ3n) is 1.94. The van der Waals surface area contributed by atoms with E-state index in [4.69, 9.17) is 4.74 Å². The summed E-state index contributed by atoms with van der Waals surface area (Å²) in [5.74, 6) is 1.17. The molecule has 0 aliphatic heterocycles. The van der Waals surface area contributed by atoms with Gasteiger partial charge in [0.15, 0.2) is 0 Å². The van der Waals surface area contributed by atoms with E-state index in [1.807, 2.05) is 12.1 Å². The molecule has 0 fully saturated rings. The fourth-order valence-electron chi connectivity index (χ4n) is 1.34. The van der Waals surface area contributed by atoms with E-state index in [9.17, 15) is 5.11 Å². The summed E-state index contributed by atoms with van der Waals surface area (Å²) in [5.41, 5.74) is 0.930. The lowest BCUT2D eigenvalue weighted by Gasteiger charge is -2.11. The maximum Gasteiger partial charge on any atom is 0.126 e. The quantitative estimate of drug-likeness (QED) is 0.669. The molecular formula is C11H15IO2. The Morgan fingerprint density at radius 2 is 2.21 bits per heavy atom. The summed E-state index contributed by atoms with van der Waals surface area (Å²) < 4.78 is 6.51. The summed E-state index contributed by atoms with van der Waals surface area (Å²) in [6, 6.07) is 5.44. The number of hydrogen-bond acceptors (Lipinski definition) is 2. The lowest BCUT2D eigenvalue weighted by atomic mass is 10.1. The largest absolute Gasteiger partial charge is 0.508 e. The molecular weight excluding hydrogens is 291 g/mol. The third-order valence-corrected chi connectivity index (χ3v) is 2.38. The Labute approximate surface area is 98.4 Å². The van der Waals surface area contributed by atoms with E-state index in [0.717, 1.165) is 28.6 Å². The van der Waals surface area contributed by atoms with Gasteiger partial charge in [-0.25, -0.2) is 0 Å². The second-order valence-corrected chi connectivity index (χ2v) is 4.12. The van der Waals surface area contributed by atoms with Crippen LogP contribution in [0.25, 0.3) is 0 Å². The van der Waals surface area contributed by atoms with Gasteiger partial charge in [-0.3, -0.25) is 0 Å². The fourth-order valence-corrected chi connectivity index (χ4v) is 1.56. The second kappa shape index (κ2) is 6.11. The van der Waals surface area contributed by atoms with Gasteiger partial charge in [-0.05, 0) is 18.6 Å². The monoisotopic (exact) mass is 306 g/mol. The molecule has 0 aromatic heterocycles. The van der Waals surface area contributed by atoms with Gasteiger partial charge in [0.2, 0.25) is 0 Å². The van der Waals surface area contributed by atoms with Crippen LogP contribution in [0.2, 0.25) is 0 Å². The Morgan fingerprint density at radius 1 is 1.43 bits per heavy atom. The number of benzene rings is 1. The van der Waals surface area contributed by atoms with Crippen molar-refractivity contribution >= 4 is 22.6 Å². The molecule has 0 heterocycles. The average Bonchev–Trinajstić information content (AvgIpc) is 2.19. The van der Waals surface area contributed by atoms with Gasteiger partial charge in [-0.15, -0.1) is 0 Å². The standard InChI is InChI=1S/C11H15IO2/c1-2-4-9-10(13)5-3-6-11(9)14-8-7-12/h3,5-6,13H,2,4,7-8H2,1H3. The highest BCUT2D eigenvalue weighted by Crippen LogP contribution is 2.28. The predicted octanol–water partition coefficient (Wildman–Crippen LogP) is 3.16. The minimum absolute atomic E-state index is 0.345. The third kappa shape index (κ3) is 3.04. The summed E-state index contributed by atoms with van der Waals surface area (Å²) in [6.07, 6.45) is 1.88. The van der Waals surface area contributed by atoms with Crippen molar-refractivity contribution in [3.63, 3.8) is 0 Å². The van der Waals surface area contributed by atoms with Crippen LogP contribution in [-0.2, 0) is 6.42 Å². The zero-order valence-corrected chi connectivity index (χ0v) is 10.5. The first-order valence-electron chi connectivity index (χ1n) is 4.79. The van der Waals surface area contributed by atoms with Crippen molar-refractivity contribution in [3.8, 4) is 11.5 Å². The minimum Gasteiger partial charge on any atom is -0.508 e. The molecule has 3 heteroatoms. The van der Waals surface area contributed by atoms with Crippen molar-refractivity contribution < 1.29 is 9.84 Å². The molecule has 1 aromatic carbocycles. The van der Waals surface area contributed by atoms with Gasteiger partial charge < -0.3 is 9.84 Å². The van der Waals surface area contributed by atoms with Crippen LogP contribution in [0.4, 0.5) is 0 Å². The molecule has 0 spiro atoms. The molecule has 0 saturated heterocycles. The Hall–Kier alpha value is -0.450. The Morgan fingerprint density at radius 3 is 2.86 bits per heavy atom. The van der Waals surface area contributed by atoms with Crippen molar-refractivity contribution in [2.24, 2.45) is 0 Å². The normalized spacial score (nSPS) is 10.1. The van der Waals surface area contributed by atoms with Crippen LogP contribution in [-0.4, -0.2) is 16.1 Å². The van der Waals surface area contributed by atoms with Gasteiger partial charge in [0.25, 0.3) is 0 Å².